The number of nitrogens with one attached hydrogen (secondary N) is 2. The molecule has 0 saturated carbocycles. The van der Waals surface area contributed by atoms with Gasteiger partial charge in [-0.15, -0.1) is 0 Å². The third-order valence-corrected chi connectivity index (χ3v) is 3.15. The van der Waals surface area contributed by atoms with Gasteiger partial charge in [0.15, 0.2) is 17.6 Å². The fourth-order valence-electron chi connectivity index (χ4n) is 2.04. The first-order valence-electron chi connectivity index (χ1n) is 7.17. The molecule has 0 aromatic heterocycles. The molecular formula is C15H22N2O4. The Morgan fingerprint density at radius 1 is 1.38 bits per heavy atom. The van der Waals surface area contributed by atoms with Crippen molar-refractivity contribution in [3.05, 3.63) is 17.7 Å². The first-order chi connectivity index (χ1) is 10.2. The third-order valence-electron chi connectivity index (χ3n) is 3.15. The fourth-order valence-corrected chi connectivity index (χ4v) is 2.04. The first-order valence-corrected chi connectivity index (χ1v) is 7.17. The second-order valence-electron chi connectivity index (χ2n) is 4.89. The van der Waals surface area contributed by atoms with E-state index in [-0.39, 0.29) is 12.7 Å². The number of amides is 1. The minimum atomic E-state index is -0.562. The van der Waals surface area contributed by atoms with E-state index in [0.29, 0.717) is 30.3 Å². The Bertz CT molecular complexity index is 505. The molecular weight excluding hydrogens is 272 g/mol. The van der Waals surface area contributed by atoms with Gasteiger partial charge in [0.25, 0.3) is 5.91 Å². The van der Waals surface area contributed by atoms with Crippen molar-refractivity contribution >= 4 is 5.91 Å². The van der Waals surface area contributed by atoms with Gasteiger partial charge in [0, 0.05) is 24.7 Å². The zero-order valence-electron chi connectivity index (χ0n) is 12.7. The summed E-state index contributed by atoms with van der Waals surface area (Å²) < 4.78 is 16.5. The molecule has 0 aliphatic carbocycles. The molecule has 2 rings (SSSR count). The van der Waals surface area contributed by atoms with E-state index < -0.39 is 6.10 Å². The van der Waals surface area contributed by atoms with Crippen molar-refractivity contribution in [1.29, 1.82) is 0 Å². The summed E-state index contributed by atoms with van der Waals surface area (Å²) in [5.74, 6) is 1.86. The van der Waals surface area contributed by atoms with E-state index in [2.05, 4.69) is 10.6 Å². The summed E-state index contributed by atoms with van der Waals surface area (Å²) in [5, 5.41) is 5.90. The van der Waals surface area contributed by atoms with E-state index in [9.17, 15) is 4.79 Å². The van der Waals surface area contributed by atoms with Crippen LogP contribution in [0.25, 0.3) is 0 Å². The van der Waals surface area contributed by atoms with E-state index in [4.69, 9.17) is 14.2 Å². The van der Waals surface area contributed by atoms with Gasteiger partial charge >= 0.3 is 0 Å². The maximum atomic E-state index is 11.9. The number of fused-ring (bicyclic) bond motifs is 1. The quantitative estimate of drug-likeness (QED) is 0.796. The van der Waals surface area contributed by atoms with Crippen LogP contribution in [0.3, 0.4) is 0 Å². The van der Waals surface area contributed by atoms with E-state index in [1.165, 1.54) is 0 Å². The lowest BCUT2D eigenvalue weighted by Gasteiger charge is -2.17. The minimum Gasteiger partial charge on any atom is -0.480 e. The molecule has 21 heavy (non-hydrogen) atoms. The van der Waals surface area contributed by atoms with Crippen LogP contribution in [0.4, 0.5) is 0 Å². The van der Waals surface area contributed by atoms with Gasteiger partial charge in [-0.3, -0.25) is 4.79 Å². The normalized spacial score (nSPS) is 13.9. The molecule has 1 unspecified atom stereocenters. The number of benzene rings is 1. The zero-order chi connectivity index (χ0) is 15.2. The van der Waals surface area contributed by atoms with E-state index in [1.54, 1.807) is 13.0 Å². The lowest BCUT2D eigenvalue weighted by atomic mass is 10.1. The van der Waals surface area contributed by atoms with Gasteiger partial charge in [-0.1, -0.05) is 6.92 Å². The van der Waals surface area contributed by atoms with Gasteiger partial charge in [-0.25, -0.2) is 0 Å². The minimum absolute atomic E-state index is 0.120. The highest BCUT2D eigenvalue weighted by Gasteiger charge is 2.21. The van der Waals surface area contributed by atoms with Gasteiger partial charge in [0.2, 0.25) is 6.79 Å². The maximum Gasteiger partial charge on any atom is 0.260 e. The second kappa shape index (κ2) is 7.17. The molecule has 1 aliphatic heterocycles. The van der Waals surface area contributed by atoms with Crippen LogP contribution >= 0.6 is 0 Å². The molecule has 0 spiro atoms. The summed E-state index contributed by atoms with van der Waals surface area (Å²) in [5.41, 5.74) is 0.928. The molecule has 1 aromatic carbocycles. The molecule has 1 amide bonds. The van der Waals surface area contributed by atoms with Crippen molar-refractivity contribution in [3.8, 4) is 17.2 Å². The Balaban J connectivity index is 2.12. The predicted octanol–water partition coefficient (Wildman–Crippen LogP) is 1.43. The summed E-state index contributed by atoms with van der Waals surface area (Å²) in [6.07, 6.45) is 0.334. The number of rotatable bonds is 7. The van der Waals surface area contributed by atoms with E-state index >= 15 is 0 Å². The number of carbonyl (C=O) groups is 1. The van der Waals surface area contributed by atoms with Gasteiger partial charge in [-0.05, 0) is 26.5 Å². The van der Waals surface area contributed by atoms with Crippen molar-refractivity contribution in [2.75, 3.05) is 20.4 Å². The Labute approximate surface area is 124 Å². The van der Waals surface area contributed by atoms with Crippen LogP contribution in [-0.4, -0.2) is 32.4 Å². The summed E-state index contributed by atoms with van der Waals surface area (Å²) in [6.45, 7) is 5.23. The Morgan fingerprint density at radius 2 is 2.10 bits per heavy atom. The van der Waals surface area contributed by atoms with Crippen molar-refractivity contribution in [2.45, 2.75) is 32.9 Å². The highest BCUT2D eigenvalue weighted by Crippen LogP contribution is 2.38. The predicted molar refractivity (Wildman–Crippen MR) is 78.7 cm³/mol. The van der Waals surface area contributed by atoms with Crippen molar-refractivity contribution in [3.63, 3.8) is 0 Å². The molecule has 116 valence electrons. The molecule has 6 nitrogen and oxygen atoms in total. The SMILES string of the molecule is CCCNC(=O)C(C)Oc1cc2c(cc1CNC)OCO2. The first kappa shape index (κ1) is 15.4. The van der Waals surface area contributed by atoms with Crippen LogP contribution in [0.1, 0.15) is 25.8 Å². The van der Waals surface area contributed by atoms with E-state index in [0.717, 1.165) is 12.0 Å². The van der Waals surface area contributed by atoms with Crippen molar-refractivity contribution in [2.24, 2.45) is 0 Å². The summed E-state index contributed by atoms with van der Waals surface area (Å²) in [6, 6.07) is 3.66. The van der Waals surface area contributed by atoms with Crippen molar-refractivity contribution in [1.82, 2.24) is 10.6 Å². The van der Waals surface area contributed by atoms with E-state index in [1.807, 2.05) is 20.0 Å². The number of hydrogen-bond donors (Lipinski definition) is 2. The number of carbonyl (C=O) groups excluding carboxylic acids is 1. The van der Waals surface area contributed by atoms with Gasteiger partial charge in [-0.2, -0.15) is 0 Å². The average Bonchev–Trinajstić information content (AvgIpc) is 2.92. The smallest absolute Gasteiger partial charge is 0.260 e. The molecule has 1 aliphatic rings. The van der Waals surface area contributed by atoms with Crippen LogP contribution in [0, 0.1) is 0 Å². The largest absolute Gasteiger partial charge is 0.480 e. The molecule has 1 heterocycles. The molecule has 2 N–H and O–H groups in total. The molecule has 1 atom stereocenters. The monoisotopic (exact) mass is 294 g/mol. The second-order valence-corrected chi connectivity index (χ2v) is 4.89. The summed E-state index contributed by atoms with van der Waals surface area (Å²) in [4.78, 5) is 11.9. The summed E-state index contributed by atoms with van der Waals surface area (Å²) >= 11 is 0. The standard InChI is InChI=1S/C15H22N2O4/c1-4-5-17-15(18)10(2)21-12-7-14-13(19-9-20-14)6-11(12)8-16-3/h6-7,10,16H,4-5,8-9H2,1-3H3,(H,17,18). The van der Waals surface area contributed by atoms with Gasteiger partial charge in [0.1, 0.15) is 5.75 Å². The number of hydrogen-bond acceptors (Lipinski definition) is 5. The highest BCUT2D eigenvalue weighted by atomic mass is 16.7. The molecule has 0 bridgehead atoms. The molecule has 0 fully saturated rings. The topological polar surface area (TPSA) is 68.8 Å². The molecule has 0 radical (unpaired) electrons. The Hall–Kier alpha value is -1.95. The van der Waals surface area contributed by atoms with Crippen LogP contribution in [0.2, 0.25) is 0 Å². The maximum absolute atomic E-state index is 11.9. The lowest BCUT2D eigenvalue weighted by Crippen LogP contribution is -2.36. The lowest BCUT2D eigenvalue weighted by molar-refractivity contribution is -0.127. The zero-order valence-corrected chi connectivity index (χ0v) is 12.7. The van der Waals surface area contributed by atoms with Crippen LogP contribution < -0.4 is 24.8 Å². The summed E-state index contributed by atoms with van der Waals surface area (Å²) in [7, 11) is 1.85. The van der Waals surface area contributed by atoms with Crippen molar-refractivity contribution < 1.29 is 19.0 Å². The Morgan fingerprint density at radius 3 is 2.76 bits per heavy atom. The van der Waals surface area contributed by atoms with Gasteiger partial charge < -0.3 is 24.8 Å². The third kappa shape index (κ3) is 3.78. The van der Waals surface area contributed by atoms with Crippen LogP contribution in [-0.2, 0) is 11.3 Å². The fraction of sp³-hybridized carbons (Fsp3) is 0.533. The highest BCUT2D eigenvalue weighted by molar-refractivity contribution is 5.80. The molecule has 0 saturated heterocycles. The van der Waals surface area contributed by atoms with Gasteiger partial charge in [0.05, 0.1) is 0 Å². The molecule has 6 heteroatoms. The van der Waals surface area contributed by atoms with Crippen LogP contribution in [0.15, 0.2) is 12.1 Å². The molecule has 1 aromatic rings. The average molecular weight is 294 g/mol. The Kier molecular flexibility index (Phi) is 5.27. The van der Waals surface area contributed by atoms with Crippen LogP contribution in [0.5, 0.6) is 17.2 Å². The number of ether oxygens (including phenoxy) is 3.